The number of benzene rings is 1. The van der Waals surface area contributed by atoms with Gasteiger partial charge in [0.25, 0.3) is 0 Å². The van der Waals surface area contributed by atoms with Gasteiger partial charge in [-0.1, -0.05) is 25.4 Å². The zero-order valence-corrected chi connectivity index (χ0v) is 13.2. The lowest BCUT2D eigenvalue weighted by Gasteiger charge is -2.23. The van der Waals surface area contributed by atoms with E-state index >= 15 is 0 Å². The fraction of sp³-hybridized carbons (Fsp3) is 0.467. The van der Waals surface area contributed by atoms with Crippen molar-refractivity contribution in [2.75, 3.05) is 11.9 Å². The van der Waals surface area contributed by atoms with Gasteiger partial charge in [-0.25, -0.2) is 9.18 Å². The Morgan fingerprint density at radius 3 is 2.73 bits per heavy atom. The molecule has 0 aliphatic carbocycles. The maximum Gasteiger partial charge on any atom is 0.407 e. The molecule has 5 nitrogen and oxygen atoms in total. The summed E-state index contributed by atoms with van der Waals surface area (Å²) in [5.74, 6) is -1.04. The van der Waals surface area contributed by atoms with E-state index in [-0.39, 0.29) is 22.4 Å². The molecule has 1 unspecified atom stereocenters. The summed E-state index contributed by atoms with van der Waals surface area (Å²) in [4.78, 5) is 24.2. The second-order valence-electron chi connectivity index (χ2n) is 5.63. The molecule has 1 aliphatic heterocycles. The van der Waals surface area contributed by atoms with Crippen LogP contribution in [-0.4, -0.2) is 28.6 Å². The van der Waals surface area contributed by atoms with Crippen LogP contribution >= 0.6 is 11.6 Å². The molecule has 1 aromatic rings. The molecule has 22 heavy (non-hydrogen) atoms. The summed E-state index contributed by atoms with van der Waals surface area (Å²) in [6.07, 6.45) is 0.138. The summed E-state index contributed by atoms with van der Waals surface area (Å²) in [6.45, 7) is 3.84. The summed E-state index contributed by atoms with van der Waals surface area (Å²) < 4.78 is 14.2. The predicted molar refractivity (Wildman–Crippen MR) is 81.6 cm³/mol. The number of amides is 2. The number of halogens is 2. The summed E-state index contributed by atoms with van der Waals surface area (Å²) in [7, 11) is 0. The van der Waals surface area contributed by atoms with Gasteiger partial charge in [-0.05, 0) is 25.0 Å². The number of likely N-dealkylation sites (tertiary alicyclic amines) is 1. The zero-order valence-electron chi connectivity index (χ0n) is 12.4. The van der Waals surface area contributed by atoms with E-state index in [0.717, 1.165) is 6.07 Å². The van der Waals surface area contributed by atoms with Crippen LogP contribution in [0.1, 0.15) is 38.3 Å². The molecule has 0 bridgehead atoms. The molecule has 1 heterocycles. The topological polar surface area (TPSA) is 69.6 Å². The molecule has 1 fully saturated rings. The van der Waals surface area contributed by atoms with Crippen LogP contribution in [0.4, 0.5) is 14.9 Å². The van der Waals surface area contributed by atoms with Gasteiger partial charge in [0.05, 0.1) is 16.8 Å². The Morgan fingerprint density at radius 1 is 1.45 bits per heavy atom. The van der Waals surface area contributed by atoms with E-state index in [1.807, 2.05) is 0 Å². The molecule has 1 aromatic carbocycles. The van der Waals surface area contributed by atoms with Crippen molar-refractivity contribution in [3.05, 3.63) is 28.5 Å². The van der Waals surface area contributed by atoms with Gasteiger partial charge in [0.2, 0.25) is 5.91 Å². The van der Waals surface area contributed by atoms with Gasteiger partial charge in [-0.3, -0.25) is 4.79 Å². The number of hydrogen-bond donors (Lipinski definition) is 2. The molecule has 1 saturated heterocycles. The molecule has 7 heteroatoms. The lowest BCUT2D eigenvalue weighted by atomic mass is 10.0. The van der Waals surface area contributed by atoms with Crippen molar-refractivity contribution in [1.82, 2.24) is 4.90 Å². The molecule has 2 N–H and O–H groups in total. The average molecular weight is 329 g/mol. The standard InChI is InChI=1S/C15H18ClFN2O3/c1-8(2)14(20)18-12-6-9(11(17)7-10(12)16)13-4-3-5-19(13)15(21)22/h6-8,13H,3-5H2,1-2H3,(H,18,20)(H,21,22). The van der Waals surface area contributed by atoms with Gasteiger partial charge in [-0.15, -0.1) is 0 Å². The van der Waals surface area contributed by atoms with Crippen molar-refractivity contribution in [3.63, 3.8) is 0 Å². The number of nitrogens with one attached hydrogen (secondary N) is 1. The van der Waals surface area contributed by atoms with Crippen molar-refractivity contribution in [2.24, 2.45) is 5.92 Å². The van der Waals surface area contributed by atoms with Gasteiger partial charge in [-0.2, -0.15) is 0 Å². The summed E-state index contributed by atoms with van der Waals surface area (Å²) >= 11 is 5.97. The maximum absolute atomic E-state index is 14.2. The molecule has 1 aliphatic rings. The summed E-state index contributed by atoms with van der Waals surface area (Å²) in [6, 6.07) is 2.00. The number of carbonyl (C=O) groups excluding carboxylic acids is 1. The van der Waals surface area contributed by atoms with E-state index < -0.39 is 18.0 Å². The lowest BCUT2D eigenvalue weighted by molar-refractivity contribution is -0.118. The van der Waals surface area contributed by atoms with Crippen LogP contribution in [0.25, 0.3) is 0 Å². The van der Waals surface area contributed by atoms with Crippen LogP contribution in [-0.2, 0) is 4.79 Å². The molecular formula is C15H18ClFN2O3. The van der Waals surface area contributed by atoms with E-state index in [4.69, 9.17) is 11.6 Å². The van der Waals surface area contributed by atoms with Gasteiger partial charge >= 0.3 is 6.09 Å². The molecule has 2 rings (SSSR count). The normalized spacial score (nSPS) is 17.9. The Morgan fingerprint density at radius 2 is 2.14 bits per heavy atom. The number of rotatable bonds is 3. The average Bonchev–Trinajstić information content (AvgIpc) is 2.90. The van der Waals surface area contributed by atoms with Gasteiger partial charge in [0, 0.05) is 18.0 Å². The highest BCUT2D eigenvalue weighted by atomic mass is 35.5. The number of nitrogens with zero attached hydrogens (tertiary/aromatic N) is 1. The number of anilines is 1. The Labute approximate surface area is 133 Å². The highest BCUT2D eigenvalue weighted by Crippen LogP contribution is 2.37. The first kappa shape index (κ1) is 16.5. The van der Waals surface area contributed by atoms with Gasteiger partial charge < -0.3 is 15.3 Å². The van der Waals surface area contributed by atoms with E-state index in [0.29, 0.717) is 25.1 Å². The SMILES string of the molecule is CC(C)C(=O)Nc1cc(C2CCCN2C(=O)O)c(F)cc1Cl. The third-order valence-electron chi connectivity index (χ3n) is 3.73. The van der Waals surface area contributed by atoms with E-state index in [9.17, 15) is 19.1 Å². The molecule has 2 amide bonds. The quantitative estimate of drug-likeness (QED) is 0.884. The molecule has 120 valence electrons. The van der Waals surface area contributed by atoms with Crippen LogP contribution in [0.5, 0.6) is 0 Å². The highest BCUT2D eigenvalue weighted by Gasteiger charge is 2.32. The number of carboxylic acid groups (broad SMARTS) is 1. The van der Waals surface area contributed by atoms with E-state index in [1.165, 1.54) is 11.0 Å². The first-order valence-electron chi connectivity index (χ1n) is 7.10. The Hall–Kier alpha value is -1.82. The van der Waals surface area contributed by atoms with Crippen LogP contribution in [0.15, 0.2) is 12.1 Å². The Kier molecular flexibility index (Phi) is 4.90. The van der Waals surface area contributed by atoms with Crippen molar-refractivity contribution in [3.8, 4) is 0 Å². The molecular weight excluding hydrogens is 311 g/mol. The summed E-state index contributed by atoms with van der Waals surface area (Å²) in [5, 5.41) is 11.9. The fourth-order valence-electron chi connectivity index (χ4n) is 2.51. The second kappa shape index (κ2) is 6.52. The van der Waals surface area contributed by atoms with Gasteiger partial charge in [0.15, 0.2) is 0 Å². The first-order chi connectivity index (χ1) is 10.3. The van der Waals surface area contributed by atoms with Crippen molar-refractivity contribution in [1.29, 1.82) is 0 Å². The zero-order chi connectivity index (χ0) is 16.4. The fourth-order valence-corrected chi connectivity index (χ4v) is 2.71. The maximum atomic E-state index is 14.2. The second-order valence-corrected chi connectivity index (χ2v) is 6.04. The molecule has 0 saturated carbocycles. The first-order valence-corrected chi connectivity index (χ1v) is 7.48. The smallest absolute Gasteiger partial charge is 0.407 e. The number of hydrogen-bond acceptors (Lipinski definition) is 2. The van der Waals surface area contributed by atoms with E-state index in [1.54, 1.807) is 13.8 Å². The lowest BCUT2D eigenvalue weighted by Crippen LogP contribution is -2.29. The van der Waals surface area contributed by atoms with Crippen molar-refractivity contribution >= 4 is 29.3 Å². The number of carbonyl (C=O) groups is 2. The molecule has 0 spiro atoms. The van der Waals surface area contributed by atoms with Crippen LogP contribution in [0.3, 0.4) is 0 Å². The van der Waals surface area contributed by atoms with Gasteiger partial charge in [0.1, 0.15) is 5.82 Å². The minimum atomic E-state index is -1.08. The minimum absolute atomic E-state index is 0.0927. The predicted octanol–water partition coefficient (Wildman–Crippen LogP) is 3.89. The molecule has 0 aromatic heterocycles. The third kappa shape index (κ3) is 3.32. The van der Waals surface area contributed by atoms with Crippen molar-refractivity contribution < 1.29 is 19.1 Å². The Balaban J connectivity index is 2.36. The van der Waals surface area contributed by atoms with Crippen molar-refractivity contribution in [2.45, 2.75) is 32.7 Å². The monoisotopic (exact) mass is 328 g/mol. The largest absolute Gasteiger partial charge is 0.465 e. The van der Waals surface area contributed by atoms with Crippen LogP contribution < -0.4 is 5.32 Å². The Bertz CT molecular complexity index is 607. The molecule has 0 radical (unpaired) electrons. The summed E-state index contributed by atoms with van der Waals surface area (Å²) in [5.41, 5.74) is 0.539. The van der Waals surface area contributed by atoms with Crippen LogP contribution in [0, 0.1) is 11.7 Å². The molecule has 1 atom stereocenters. The van der Waals surface area contributed by atoms with E-state index in [2.05, 4.69) is 5.32 Å². The minimum Gasteiger partial charge on any atom is -0.465 e. The highest BCUT2D eigenvalue weighted by molar-refractivity contribution is 6.33. The third-order valence-corrected chi connectivity index (χ3v) is 4.04. The van der Waals surface area contributed by atoms with Crippen LogP contribution in [0.2, 0.25) is 5.02 Å².